The fourth-order valence-corrected chi connectivity index (χ4v) is 4.30. The van der Waals surface area contributed by atoms with Crippen LogP contribution in [0.25, 0.3) is 0 Å². The van der Waals surface area contributed by atoms with Gasteiger partial charge >= 0.3 is 5.97 Å². The van der Waals surface area contributed by atoms with Crippen LogP contribution >= 0.6 is 0 Å². The summed E-state index contributed by atoms with van der Waals surface area (Å²) in [5.74, 6) is -0.886. The molecule has 1 unspecified atom stereocenters. The molecule has 1 saturated heterocycles. The molecule has 1 aliphatic rings. The Kier molecular flexibility index (Phi) is 7.16. The molecule has 1 aliphatic heterocycles. The van der Waals surface area contributed by atoms with Crippen molar-refractivity contribution in [2.75, 3.05) is 13.1 Å². The van der Waals surface area contributed by atoms with E-state index in [1.165, 1.54) is 12.1 Å². The van der Waals surface area contributed by atoms with Gasteiger partial charge in [0.1, 0.15) is 0 Å². The van der Waals surface area contributed by atoms with Crippen LogP contribution in [0.4, 0.5) is 0 Å². The quantitative estimate of drug-likeness (QED) is 0.713. The summed E-state index contributed by atoms with van der Waals surface area (Å²) in [5, 5.41) is 8.88. The fraction of sp³-hybridized carbons (Fsp3) is 0.556. The van der Waals surface area contributed by atoms with Crippen molar-refractivity contribution in [2.45, 2.75) is 56.4 Å². The lowest BCUT2D eigenvalue weighted by Gasteiger charge is -2.35. The van der Waals surface area contributed by atoms with Crippen LogP contribution in [-0.2, 0) is 26.0 Å². The van der Waals surface area contributed by atoms with Gasteiger partial charge in [-0.2, -0.15) is 0 Å². The number of aliphatic carboxylic acids is 1. The van der Waals surface area contributed by atoms with E-state index in [9.17, 15) is 18.0 Å². The lowest BCUT2D eigenvalue weighted by atomic mass is 9.97. The number of hydrogen-bond acceptors (Lipinski definition) is 4. The lowest BCUT2D eigenvalue weighted by molar-refractivity contribution is -0.139. The van der Waals surface area contributed by atoms with Crippen molar-refractivity contribution in [1.82, 2.24) is 9.62 Å². The lowest BCUT2D eigenvalue weighted by Crippen LogP contribution is -2.44. The van der Waals surface area contributed by atoms with Crippen LogP contribution in [0.15, 0.2) is 29.2 Å². The molecule has 26 heavy (non-hydrogen) atoms. The molecule has 0 saturated carbocycles. The van der Waals surface area contributed by atoms with Gasteiger partial charge in [-0.3, -0.25) is 9.59 Å². The number of carbonyl (C=O) groups excluding carboxylic acids is 1. The van der Waals surface area contributed by atoms with Crippen molar-refractivity contribution in [2.24, 2.45) is 0 Å². The highest BCUT2D eigenvalue weighted by Gasteiger charge is 2.27. The molecule has 144 valence electrons. The fourth-order valence-electron chi connectivity index (χ4n) is 3.26. The van der Waals surface area contributed by atoms with E-state index < -0.39 is 16.0 Å². The molecule has 1 amide bonds. The van der Waals surface area contributed by atoms with Crippen molar-refractivity contribution < 1.29 is 23.1 Å². The van der Waals surface area contributed by atoms with E-state index in [0.717, 1.165) is 24.8 Å². The third-order valence-corrected chi connectivity index (χ3v) is 6.12. The number of nitrogens with zero attached hydrogens (tertiary/aromatic N) is 1. The van der Waals surface area contributed by atoms with E-state index in [0.29, 0.717) is 19.5 Å². The van der Waals surface area contributed by atoms with E-state index in [2.05, 4.69) is 4.72 Å². The Morgan fingerprint density at radius 3 is 2.54 bits per heavy atom. The first-order valence-corrected chi connectivity index (χ1v) is 10.4. The maximum atomic E-state index is 12.7. The topological polar surface area (TPSA) is 104 Å². The van der Waals surface area contributed by atoms with Gasteiger partial charge in [-0.15, -0.1) is 0 Å². The van der Waals surface area contributed by atoms with Gasteiger partial charge in [0, 0.05) is 25.6 Å². The molecule has 1 aromatic rings. The van der Waals surface area contributed by atoms with Gasteiger partial charge in [-0.25, -0.2) is 13.1 Å². The number of sulfonamides is 1. The molecule has 0 aliphatic carbocycles. The summed E-state index contributed by atoms with van der Waals surface area (Å²) in [6.07, 6.45) is 3.48. The molecule has 8 heteroatoms. The Labute approximate surface area is 154 Å². The van der Waals surface area contributed by atoms with Gasteiger partial charge in [0.25, 0.3) is 0 Å². The Bertz CT molecular complexity index is 730. The second-order valence-electron chi connectivity index (χ2n) is 6.49. The highest BCUT2D eigenvalue weighted by Crippen LogP contribution is 2.22. The van der Waals surface area contributed by atoms with Crippen LogP contribution in [0, 0.1) is 0 Å². The predicted molar refractivity (Wildman–Crippen MR) is 97.2 cm³/mol. The molecular formula is C18H26N2O5S. The molecule has 1 aromatic carbocycles. The molecule has 2 N–H and O–H groups in total. The molecular weight excluding hydrogens is 356 g/mol. The van der Waals surface area contributed by atoms with E-state index in [1.54, 1.807) is 24.0 Å². The van der Waals surface area contributed by atoms with Gasteiger partial charge in [0.2, 0.25) is 15.9 Å². The number of hydrogen-bond donors (Lipinski definition) is 2. The van der Waals surface area contributed by atoms with Crippen LogP contribution in [-0.4, -0.2) is 49.4 Å². The second kappa shape index (κ2) is 9.14. The Balaban J connectivity index is 2.02. The normalized spacial score (nSPS) is 17.9. The highest BCUT2D eigenvalue weighted by molar-refractivity contribution is 7.89. The Morgan fingerprint density at radius 1 is 1.23 bits per heavy atom. The van der Waals surface area contributed by atoms with Crippen LogP contribution in [0.1, 0.15) is 44.6 Å². The number of amides is 1. The summed E-state index contributed by atoms with van der Waals surface area (Å²) in [5.41, 5.74) is 0.744. The first-order chi connectivity index (χ1) is 12.3. The van der Waals surface area contributed by atoms with E-state index in [-0.39, 0.29) is 29.7 Å². The summed E-state index contributed by atoms with van der Waals surface area (Å²) in [6, 6.07) is 6.27. The van der Waals surface area contributed by atoms with Crippen molar-refractivity contribution in [3.63, 3.8) is 0 Å². The highest BCUT2D eigenvalue weighted by atomic mass is 32.2. The first-order valence-electron chi connectivity index (χ1n) is 8.93. The Morgan fingerprint density at radius 2 is 1.92 bits per heavy atom. The number of carbonyl (C=O) groups is 2. The SMILES string of the molecule is CCNS(=O)(=O)c1ccc(CC(=O)N2CCCCC2CCC(=O)O)cc1. The predicted octanol–water partition coefficient (Wildman–Crippen LogP) is 1.77. The minimum atomic E-state index is -3.50. The number of carboxylic acid groups (broad SMARTS) is 1. The third kappa shape index (κ3) is 5.54. The molecule has 0 radical (unpaired) electrons. The molecule has 0 spiro atoms. The van der Waals surface area contributed by atoms with Gasteiger partial charge in [0.05, 0.1) is 11.3 Å². The summed E-state index contributed by atoms with van der Waals surface area (Å²) in [4.78, 5) is 25.4. The average molecular weight is 382 g/mol. The molecule has 7 nitrogen and oxygen atoms in total. The molecule has 1 atom stereocenters. The second-order valence-corrected chi connectivity index (χ2v) is 8.26. The number of nitrogens with one attached hydrogen (secondary N) is 1. The standard InChI is InChI=1S/C18H26N2O5S/c1-2-19-26(24,25)16-9-6-14(7-10-16)13-17(21)20-12-4-3-5-15(20)8-11-18(22)23/h6-7,9-10,15,19H,2-5,8,11-13H2,1H3,(H,22,23). The van der Waals surface area contributed by atoms with E-state index >= 15 is 0 Å². The van der Waals surface area contributed by atoms with E-state index in [1.807, 2.05) is 0 Å². The van der Waals surface area contributed by atoms with Gasteiger partial charge in [-0.05, 0) is 43.4 Å². The number of piperidine rings is 1. The smallest absolute Gasteiger partial charge is 0.303 e. The maximum absolute atomic E-state index is 12.7. The molecule has 2 rings (SSSR count). The zero-order chi connectivity index (χ0) is 19.2. The summed E-state index contributed by atoms with van der Waals surface area (Å²) < 4.78 is 26.3. The van der Waals surface area contributed by atoms with E-state index in [4.69, 9.17) is 5.11 Å². The summed E-state index contributed by atoms with van der Waals surface area (Å²) >= 11 is 0. The molecule has 0 aromatic heterocycles. The van der Waals surface area contributed by atoms with Crippen molar-refractivity contribution in [3.05, 3.63) is 29.8 Å². The average Bonchev–Trinajstić information content (AvgIpc) is 2.60. The third-order valence-electron chi connectivity index (χ3n) is 4.56. The number of rotatable bonds is 8. The molecule has 1 fully saturated rings. The number of likely N-dealkylation sites (tertiary alicyclic amines) is 1. The molecule has 1 heterocycles. The summed E-state index contributed by atoms with van der Waals surface area (Å²) in [7, 11) is -3.50. The van der Waals surface area contributed by atoms with Crippen molar-refractivity contribution >= 4 is 21.9 Å². The number of carboxylic acids is 1. The van der Waals surface area contributed by atoms with Crippen LogP contribution in [0.5, 0.6) is 0 Å². The summed E-state index contributed by atoms with van der Waals surface area (Å²) in [6.45, 7) is 2.68. The molecule has 0 bridgehead atoms. The first kappa shape index (κ1) is 20.4. The van der Waals surface area contributed by atoms with Gasteiger partial charge in [0.15, 0.2) is 0 Å². The minimum Gasteiger partial charge on any atom is -0.481 e. The zero-order valence-corrected chi connectivity index (χ0v) is 15.8. The maximum Gasteiger partial charge on any atom is 0.303 e. The minimum absolute atomic E-state index is 0.0271. The van der Waals surface area contributed by atoms with Crippen LogP contribution < -0.4 is 4.72 Å². The number of benzene rings is 1. The Hall–Kier alpha value is -1.93. The zero-order valence-electron chi connectivity index (χ0n) is 15.0. The van der Waals surface area contributed by atoms with Crippen molar-refractivity contribution in [3.8, 4) is 0 Å². The van der Waals surface area contributed by atoms with Crippen LogP contribution in [0.3, 0.4) is 0 Å². The van der Waals surface area contributed by atoms with Gasteiger partial charge < -0.3 is 10.0 Å². The van der Waals surface area contributed by atoms with Crippen LogP contribution in [0.2, 0.25) is 0 Å². The monoisotopic (exact) mass is 382 g/mol. The van der Waals surface area contributed by atoms with Gasteiger partial charge in [-0.1, -0.05) is 19.1 Å². The van der Waals surface area contributed by atoms with Crippen molar-refractivity contribution in [1.29, 1.82) is 0 Å². The largest absolute Gasteiger partial charge is 0.481 e.